The Bertz CT molecular complexity index is 835. The number of aliphatic hydroxyl groups excluding tert-OH is 3. The lowest BCUT2D eigenvalue weighted by Crippen LogP contribution is -2.57. The van der Waals surface area contributed by atoms with Crippen LogP contribution < -0.4 is 10.6 Å². The quantitative estimate of drug-likeness (QED) is 0.148. The molecule has 0 spiro atoms. The van der Waals surface area contributed by atoms with E-state index < -0.39 is 66.9 Å². The first-order valence-corrected chi connectivity index (χ1v) is 13.4. The molecule has 0 aliphatic heterocycles. The van der Waals surface area contributed by atoms with Crippen LogP contribution >= 0.6 is 0 Å². The van der Waals surface area contributed by atoms with Crippen LogP contribution in [0, 0.1) is 11.3 Å². The van der Waals surface area contributed by atoms with Crippen LogP contribution in [0.5, 0.6) is 0 Å². The van der Waals surface area contributed by atoms with Gasteiger partial charge in [0.25, 0.3) is 5.91 Å². The molecule has 39 heavy (non-hydrogen) atoms. The molecule has 0 heterocycles. The summed E-state index contributed by atoms with van der Waals surface area (Å²) in [5.74, 6) is -3.20. The van der Waals surface area contributed by atoms with E-state index in [0.29, 0.717) is 12.8 Å². The summed E-state index contributed by atoms with van der Waals surface area (Å²) in [5, 5.41) is 35.7. The van der Waals surface area contributed by atoms with Crippen molar-refractivity contribution in [3.63, 3.8) is 0 Å². The second-order valence-corrected chi connectivity index (χ2v) is 10.9. The van der Waals surface area contributed by atoms with Crippen LogP contribution in [0.1, 0.15) is 66.7 Å². The van der Waals surface area contributed by atoms with E-state index in [-0.39, 0.29) is 17.9 Å². The van der Waals surface area contributed by atoms with Gasteiger partial charge in [0.05, 0.1) is 12.5 Å². The van der Waals surface area contributed by atoms with E-state index in [4.69, 9.17) is 14.2 Å². The summed E-state index contributed by atoms with van der Waals surface area (Å²) < 4.78 is 15.3. The summed E-state index contributed by atoms with van der Waals surface area (Å²) in [5.41, 5.74) is -0.290. The number of aliphatic hydroxyl groups is 3. The second-order valence-electron chi connectivity index (χ2n) is 10.9. The third-order valence-electron chi connectivity index (χ3n) is 6.29. The third kappa shape index (κ3) is 12.0. The summed E-state index contributed by atoms with van der Waals surface area (Å²) in [6.07, 6.45) is 0.617. The fourth-order valence-electron chi connectivity index (χ4n) is 3.97. The van der Waals surface area contributed by atoms with Crippen LogP contribution in [-0.2, 0) is 33.4 Å². The molecule has 12 heteroatoms. The highest BCUT2D eigenvalue weighted by molar-refractivity contribution is 5.91. The molecule has 1 saturated carbocycles. The number of hydrogen-bond donors (Lipinski definition) is 5. The molecule has 0 radical (unpaired) electrons. The van der Waals surface area contributed by atoms with E-state index in [1.807, 2.05) is 20.8 Å². The number of rotatable bonds is 14. The smallest absolute Gasteiger partial charge is 0.332 e. The Morgan fingerprint density at radius 2 is 1.56 bits per heavy atom. The first kappa shape index (κ1) is 34.5. The third-order valence-corrected chi connectivity index (χ3v) is 6.29. The predicted molar refractivity (Wildman–Crippen MR) is 141 cm³/mol. The van der Waals surface area contributed by atoms with E-state index in [1.165, 1.54) is 13.0 Å². The van der Waals surface area contributed by atoms with Crippen LogP contribution in [0.4, 0.5) is 0 Å². The van der Waals surface area contributed by atoms with Crippen molar-refractivity contribution >= 4 is 23.8 Å². The van der Waals surface area contributed by atoms with E-state index in [0.717, 1.165) is 26.4 Å². The molecule has 5 N–H and O–H groups in total. The molecule has 0 saturated heterocycles. The lowest BCUT2D eigenvalue weighted by Gasteiger charge is -2.28. The van der Waals surface area contributed by atoms with Crippen molar-refractivity contribution in [1.82, 2.24) is 10.6 Å². The van der Waals surface area contributed by atoms with Gasteiger partial charge in [-0.15, -0.1) is 0 Å². The van der Waals surface area contributed by atoms with Crippen molar-refractivity contribution in [2.75, 3.05) is 20.3 Å². The van der Waals surface area contributed by atoms with Crippen LogP contribution in [-0.4, -0.2) is 95.9 Å². The molecular weight excluding hydrogens is 512 g/mol. The summed E-state index contributed by atoms with van der Waals surface area (Å²) >= 11 is 0. The van der Waals surface area contributed by atoms with Crippen molar-refractivity contribution in [1.29, 1.82) is 0 Å². The standard InChI is InChI=1S/C27H46N2O10/c1-7-38-26(36)18(15-39-25(35)17-11-9-8-10-12-17)29-23(33)16(2)28-24(34)22(37-6)21(32)20(31)19(30)13-14-27(3,4)5/h13-14,16-22,30-32H,7-12,15H2,1-6H3,(H,28,34)(H,29,33)/t16-,18?,19+,20-,21+,22+/m0/s1. The molecule has 0 aromatic heterocycles. The lowest BCUT2D eigenvalue weighted by atomic mass is 9.89. The number of methoxy groups -OCH3 is 1. The Morgan fingerprint density at radius 3 is 2.10 bits per heavy atom. The monoisotopic (exact) mass is 558 g/mol. The summed E-state index contributed by atoms with van der Waals surface area (Å²) in [6, 6.07) is -2.50. The Morgan fingerprint density at radius 1 is 0.949 bits per heavy atom. The number of amides is 2. The molecule has 0 bridgehead atoms. The molecule has 1 unspecified atom stereocenters. The minimum Gasteiger partial charge on any atom is -0.464 e. The highest BCUT2D eigenvalue weighted by Crippen LogP contribution is 2.24. The maximum atomic E-state index is 12.8. The number of carbonyl (C=O) groups is 4. The molecule has 1 aliphatic carbocycles. The Labute approximate surface area is 230 Å². The van der Waals surface area contributed by atoms with Gasteiger partial charge in [-0.25, -0.2) is 4.79 Å². The van der Waals surface area contributed by atoms with E-state index in [1.54, 1.807) is 13.0 Å². The normalized spacial score (nSPS) is 19.3. The van der Waals surface area contributed by atoms with Crippen molar-refractivity contribution in [2.24, 2.45) is 11.3 Å². The predicted octanol–water partition coefficient (Wildman–Crippen LogP) is 0.363. The van der Waals surface area contributed by atoms with Gasteiger partial charge >= 0.3 is 11.9 Å². The zero-order valence-electron chi connectivity index (χ0n) is 23.8. The van der Waals surface area contributed by atoms with Crippen LogP contribution in [0.3, 0.4) is 0 Å². The summed E-state index contributed by atoms with van der Waals surface area (Å²) in [4.78, 5) is 50.3. The van der Waals surface area contributed by atoms with Gasteiger partial charge in [-0.1, -0.05) is 52.2 Å². The first-order valence-electron chi connectivity index (χ1n) is 13.4. The van der Waals surface area contributed by atoms with Crippen molar-refractivity contribution in [3.8, 4) is 0 Å². The van der Waals surface area contributed by atoms with Crippen molar-refractivity contribution in [2.45, 2.75) is 103 Å². The lowest BCUT2D eigenvalue weighted by molar-refractivity contribution is -0.156. The van der Waals surface area contributed by atoms with Gasteiger partial charge < -0.3 is 40.2 Å². The molecule has 12 nitrogen and oxygen atoms in total. The molecule has 1 fully saturated rings. The van der Waals surface area contributed by atoms with Gasteiger partial charge in [0.2, 0.25) is 5.91 Å². The number of carbonyl (C=O) groups excluding carboxylic acids is 4. The Kier molecular flexibility index (Phi) is 14.6. The SMILES string of the molecule is CCOC(=O)C(COC(=O)C1CCCCC1)NC(=O)[C@H](C)NC(=O)[C@H](OC)[C@H](O)[C@@H](O)[C@H](O)C=CC(C)(C)C. The van der Waals surface area contributed by atoms with Crippen molar-refractivity contribution in [3.05, 3.63) is 12.2 Å². The Hall–Kier alpha value is -2.54. The molecule has 6 atom stereocenters. The first-order chi connectivity index (χ1) is 18.2. The van der Waals surface area contributed by atoms with E-state index in [9.17, 15) is 34.5 Å². The van der Waals surface area contributed by atoms with Gasteiger partial charge in [0, 0.05) is 7.11 Å². The number of ether oxygens (including phenoxy) is 3. The summed E-state index contributed by atoms with van der Waals surface area (Å²) in [6.45, 7) is 8.18. The number of allylic oxidation sites excluding steroid dienone is 1. The van der Waals surface area contributed by atoms with Gasteiger partial charge in [-0.05, 0) is 32.1 Å². The largest absolute Gasteiger partial charge is 0.464 e. The zero-order valence-corrected chi connectivity index (χ0v) is 23.8. The number of nitrogens with one attached hydrogen (secondary N) is 2. The second kappa shape index (κ2) is 16.5. The number of esters is 2. The minimum atomic E-state index is -1.82. The molecule has 2 amide bonds. The van der Waals surface area contributed by atoms with E-state index in [2.05, 4.69) is 10.6 Å². The maximum Gasteiger partial charge on any atom is 0.332 e. The van der Waals surface area contributed by atoms with Crippen LogP contribution in [0.2, 0.25) is 0 Å². The van der Waals surface area contributed by atoms with Gasteiger partial charge in [0.15, 0.2) is 12.1 Å². The topological polar surface area (TPSA) is 181 Å². The van der Waals surface area contributed by atoms with E-state index >= 15 is 0 Å². The highest BCUT2D eigenvalue weighted by atomic mass is 16.6. The molecule has 224 valence electrons. The van der Waals surface area contributed by atoms with Gasteiger partial charge in [0.1, 0.15) is 31.0 Å². The fourth-order valence-corrected chi connectivity index (χ4v) is 3.97. The molecule has 1 rings (SSSR count). The number of hydrogen-bond acceptors (Lipinski definition) is 10. The Balaban J connectivity index is 2.78. The van der Waals surface area contributed by atoms with Gasteiger partial charge in [-0.3, -0.25) is 14.4 Å². The fraction of sp³-hybridized carbons (Fsp3) is 0.778. The molecule has 0 aromatic carbocycles. The molecular formula is C27H46N2O10. The highest BCUT2D eigenvalue weighted by Gasteiger charge is 2.37. The summed E-state index contributed by atoms with van der Waals surface area (Å²) in [7, 11) is 1.12. The van der Waals surface area contributed by atoms with Crippen LogP contribution in [0.15, 0.2) is 12.2 Å². The zero-order chi connectivity index (χ0) is 29.8. The van der Waals surface area contributed by atoms with Crippen molar-refractivity contribution < 1.29 is 48.7 Å². The molecule has 0 aromatic rings. The van der Waals surface area contributed by atoms with Gasteiger partial charge in [-0.2, -0.15) is 0 Å². The molecule has 1 aliphatic rings. The van der Waals surface area contributed by atoms with Crippen LogP contribution in [0.25, 0.3) is 0 Å². The minimum absolute atomic E-state index is 0.0423. The average molecular weight is 559 g/mol. The average Bonchev–Trinajstić information content (AvgIpc) is 2.89. The maximum absolute atomic E-state index is 12.8.